The standard InChI is InChI=1S/C14H18N2O2/c1-3-16-10-12(9-15-16)13(17)14(18-2)11-7-5-4-6-8-11/h4-10,13-14,17H,3H2,1-2H3. The number of aromatic nitrogens is 2. The number of benzene rings is 1. The van der Waals surface area contributed by atoms with E-state index in [4.69, 9.17) is 4.74 Å². The normalized spacial score (nSPS) is 14.4. The van der Waals surface area contributed by atoms with E-state index >= 15 is 0 Å². The second kappa shape index (κ2) is 5.80. The maximum absolute atomic E-state index is 10.4. The first-order valence-electron chi connectivity index (χ1n) is 6.04. The van der Waals surface area contributed by atoms with Crippen molar-refractivity contribution in [2.45, 2.75) is 25.7 Å². The van der Waals surface area contributed by atoms with Crippen LogP contribution in [0, 0.1) is 0 Å². The molecule has 1 aromatic carbocycles. The number of hydrogen-bond donors (Lipinski definition) is 1. The van der Waals surface area contributed by atoms with Crippen LogP contribution in [0.5, 0.6) is 0 Å². The number of aliphatic hydroxyl groups is 1. The first-order chi connectivity index (χ1) is 8.76. The Morgan fingerprint density at radius 3 is 2.56 bits per heavy atom. The van der Waals surface area contributed by atoms with Gasteiger partial charge in [0.2, 0.25) is 0 Å². The fraction of sp³-hybridized carbons (Fsp3) is 0.357. The van der Waals surface area contributed by atoms with Gasteiger partial charge in [0.15, 0.2) is 0 Å². The summed E-state index contributed by atoms with van der Waals surface area (Å²) in [5.74, 6) is 0. The second-order valence-electron chi connectivity index (χ2n) is 4.14. The Morgan fingerprint density at radius 1 is 1.28 bits per heavy atom. The zero-order valence-electron chi connectivity index (χ0n) is 10.7. The molecule has 0 bridgehead atoms. The fourth-order valence-electron chi connectivity index (χ4n) is 1.97. The van der Waals surface area contributed by atoms with Crippen molar-refractivity contribution >= 4 is 0 Å². The summed E-state index contributed by atoms with van der Waals surface area (Å²) in [6.45, 7) is 2.80. The highest BCUT2D eigenvalue weighted by molar-refractivity contribution is 5.22. The van der Waals surface area contributed by atoms with E-state index in [2.05, 4.69) is 5.10 Å². The van der Waals surface area contributed by atoms with Gasteiger partial charge in [-0.2, -0.15) is 5.10 Å². The van der Waals surface area contributed by atoms with E-state index in [1.54, 1.807) is 18.0 Å². The predicted octanol–water partition coefficient (Wildman–Crippen LogP) is 2.32. The molecule has 0 amide bonds. The second-order valence-corrected chi connectivity index (χ2v) is 4.14. The van der Waals surface area contributed by atoms with Crippen molar-refractivity contribution < 1.29 is 9.84 Å². The van der Waals surface area contributed by atoms with Crippen molar-refractivity contribution in [3.63, 3.8) is 0 Å². The summed E-state index contributed by atoms with van der Waals surface area (Å²) >= 11 is 0. The molecule has 2 unspecified atom stereocenters. The monoisotopic (exact) mass is 246 g/mol. The highest BCUT2D eigenvalue weighted by Gasteiger charge is 2.23. The van der Waals surface area contributed by atoms with Crippen LogP contribution < -0.4 is 0 Å². The summed E-state index contributed by atoms with van der Waals surface area (Å²) in [6.07, 6.45) is 2.45. The van der Waals surface area contributed by atoms with Gasteiger partial charge in [0.1, 0.15) is 12.2 Å². The van der Waals surface area contributed by atoms with Crippen LogP contribution in [0.4, 0.5) is 0 Å². The van der Waals surface area contributed by atoms with Gasteiger partial charge in [-0.15, -0.1) is 0 Å². The van der Waals surface area contributed by atoms with Crippen LogP contribution in [0.1, 0.15) is 30.3 Å². The number of aliphatic hydroxyl groups excluding tert-OH is 1. The molecule has 0 spiro atoms. The predicted molar refractivity (Wildman–Crippen MR) is 69.1 cm³/mol. The van der Waals surface area contributed by atoms with Gasteiger partial charge in [-0.1, -0.05) is 30.3 Å². The topological polar surface area (TPSA) is 47.3 Å². The van der Waals surface area contributed by atoms with Gasteiger partial charge < -0.3 is 9.84 Å². The average Bonchev–Trinajstić information content (AvgIpc) is 2.89. The molecule has 0 saturated carbocycles. The Hall–Kier alpha value is -1.65. The summed E-state index contributed by atoms with van der Waals surface area (Å²) in [7, 11) is 1.60. The van der Waals surface area contributed by atoms with Gasteiger partial charge in [-0.05, 0) is 12.5 Å². The molecule has 0 aliphatic carbocycles. The first-order valence-corrected chi connectivity index (χ1v) is 6.04. The molecule has 2 atom stereocenters. The highest BCUT2D eigenvalue weighted by atomic mass is 16.5. The SMILES string of the molecule is CCn1cc(C(O)C(OC)c2ccccc2)cn1. The number of rotatable bonds is 5. The van der Waals surface area contributed by atoms with Gasteiger partial charge in [-0.3, -0.25) is 4.68 Å². The lowest BCUT2D eigenvalue weighted by Crippen LogP contribution is -2.12. The lowest BCUT2D eigenvalue weighted by Gasteiger charge is -2.21. The lowest BCUT2D eigenvalue weighted by atomic mass is 10.0. The molecule has 0 fully saturated rings. The third kappa shape index (κ3) is 2.60. The van der Waals surface area contributed by atoms with E-state index in [9.17, 15) is 5.11 Å². The van der Waals surface area contributed by atoms with E-state index in [-0.39, 0.29) is 6.10 Å². The molecule has 0 saturated heterocycles. The largest absolute Gasteiger partial charge is 0.385 e. The van der Waals surface area contributed by atoms with Gasteiger partial charge in [0.05, 0.1) is 6.20 Å². The third-order valence-electron chi connectivity index (χ3n) is 2.99. The van der Waals surface area contributed by atoms with Gasteiger partial charge in [-0.25, -0.2) is 0 Å². The lowest BCUT2D eigenvalue weighted by molar-refractivity contribution is -0.0149. The Morgan fingerprint density at radius 2 is 2.00 bits per heavy atom. The minimum absolute atomic E-state index is 0.374. The zero-order chi connectivity index (χ0) is 13.0. The van der Waals surface area contributed by atoms with Crippen LogP contribution in [0.2, 0.25) is 0 Å². The minimum atomic E-state index is -0.710. The maximum atomic E-state index is 10.4. The number of methoxy groups -OCH3 is 1. The van der Waals surface area contributed by atoms with Crippen LogP contribution in [0.15, 0.2) is 42.7 Å². The van der Waals surface area contributed by atoms with Gasteiger partial charge in [0, 0.05) is 25.4 Å². The number of nitrogens with zero attached hydrogens (tertiary/aromatic N) is 2. The minimum Gasteiger partial charge on any atom is -0.385 e. The maximum Gasteiger partial charge on any atom is 0.112 e. The number of ether oxygens (including phenoxy) is 1. The van der Waals surface area contributed by atoms with E-state index in [0.717, 1.165) is 17.7 Å². The zero-order valence-corrected chi connectivity index (χ0v) is 10.7. The molecule has 4 heteroatoms. The molecule has 0 aliphatic rings. The fourth-order valence-corrected chi connectivity index (χ4v) is 1.97. The first kappa shape index (κ1) is 12.8. The van der Waals surface area contributed by atoms with Gasteiger partial charge >= 0.3 is 0 Å². The Kier molecular flexibility index (Phi) is 4.12. The average molecular weight is 246 g/mol. The van der Waals surface area contributed by atoms with E-state index < -0.39 is 6.10 Å². The van der Waals surface area contributed by atoms with Crippen molar-refractivity contribution in [2.24, 2.45) is 0 Å². The van der Waals surface area contributed by atoms with Crippen molar-refractivity contribution in [1.29, 1.82) is 0 Å². The van der Waals surface area contributed by atoms with Crippen LogP contribution in [0.25, 0.3) is 0 Å². The Labute approximate surface area is 107 Å². The van der Waals surface area contributed by atoms with Crippen LogP contribution in [-0.4, -0.2) is 22.0 Å². The highest BCUT2D eigenvalue weighted by Crippen LogP contribution is 2.30. The van der Waals surface area contributed by atoms with Crippen molar-refractivity contribution in [1.82, 2.24) is 9.78 Å². The molecule has 1 N–H and O–H groups in total. The van der Waals surface area contributed by atoms with Crippen LogP contribution in [0.3, 0.4) is 0 Å². The molecule has 96 valence electrons. The third-order valence-corrected chi connectivity index (χ3v) is 2.99. The van der Waals surface area contributed by atoms with Gasteiger partial charge in [0.25, 0.3) is 0 Å². The summed E-state index contributed by atoms with van der Waals surface area (Å²) < 4.78 is 7.20. The summed E-state index contributed by atoms with van der Waals surface area (Å²) in [5.41, 5.74) is 1.73. The molecule has 4 nitrogen and oxygen atoms in total. The summed E-state index contributed by atoms with van der Waals surface area (Å²) in [4.78, 5) is 0. The van der Waals surface area contributed by atoms with E-state index in [1.165, 1.54) is 0 Å². The van der Waals surface area contributed by atoms with Crippen LogP contribution in [-0.2, 0) is 11.3 Å². The molecule has 0 aliphatic heterocycles. The summed E-state index contributed by atoms with van der Waals surface area (Å²) in [5, 5.41) is 14.5. The van der Waals surface area contributed by atoms with Crippen molar-refractivity contribution in [3.05, 3.63) is 53.9 Å². The smallest absolute Gasteiger partial charge is 0.112 e. The molecule has 2 aromatic rings. The molecule has 0 radical (unpaired) electrons. The van der Waals surface area contributed by atoms with Crippen LogP contribution >= 0.6 is 0 Å². The molecule has 1 heterocycles. The van der Waals surface area contributed by atoms with Crippen molar-refractivity contribution in [2.75, 3.05) is 7.11 Å². The summed E-state index contributed by atoms with van der Waals surface area (Å²) in [6, 6.07) is 9.70. The van der Waals surface area contributed by atoms with Crippen molar-refractivity contribution in [3.8, 4) is 0 Å². The number of aryl methyl sites for hydroxylation is 1. The molecular formula is C14H18N2O2. The molecular weight excluding hydrogens is 228 g/mol. The number of hydrogen-bond acceptors (Lipinski definition) is 3. The molecule has 1 aromatic heterocycles. The molecule has 2 rings (SSSR count). The Balaban J connectivity index is 2.22. The van der Waals surface area contributed by atoms with E-state index in [0.29, 0.717) is 0 Å². The quantitative estimate of drug-likeness (QED) is 0.880. The Bertz CT molecular complexity index is 482. The molecule has 18 heavy (non-hydrogen) atoms. The van der Waals surface area contributed by atoms with E-state index in [1.807, 2.05) is 43.5 Å².